The summed E-state index contributed by atoms with van der Waals surface area (Å²) in [5, 5.41) is 1.29. The molecule has 1 aromatic carbocycles. The summed E-state index contributed by atoms with van der Waals surface area (Å²) in [5.41, 5.74) is 3.49. The number of aromatic nitrogens is 3. The number of piperidine rings is 1. The van der Waals surface area contributed by atoms with Gasteiger partial charge in [-0.2, -0.15) is 4.98 Å². The number of anilines is 2. The molecule has 218 valence electrons. The molecule has 2 aliphatic heterocycles. The van der Waals surface area contributed by atoms with E-state index in [4.69, 9.17) is 21.6 Å². The lowest BCUT2D eigenvalue weighted by molar-refractivity contribution is -0.126. The van der Waals surface area contributed by atoms with Gasteiger partial charge < -0.3 is 14.7 Å². The molecule has 0 spiro atoms. The third-order valence-corrected chi connectivity index (χ3v) is 9.05. The summed E-state index contributed by atoms with van der Waals surface area (Å²) >= 11 is 6.99. The van der Waals surface area contributed by atoms with Gasteiger partial charge in [0.05, 0.1) is 16.1 Å². The Morgan fingerprint density at radius 3 is 2.32 bits per heavy atom. The van der Waals surface area contributed by atoms with Crippen molar-refractivity contribution in [1.82, 2.24) is 19.4 Å². The number of piperazine rings is 1. The first kappa shape index (κ1) is 29.1. The molecule has 0 bridgehead atoms. The predicted octanol–water partition coefficient (Wildman–Crippen LogP) is 5.41. The van der Waals surface area contributed by atoms with E-state index in [1.54, 1.807) is 9.47 Å². The molecule has 0 unspecified atom stereocenters. The molecule has 3 aromatic rings. The van der Waals surface area contributed by atoms with Gasteiger partial charge >= 0.3 is 5.69 Å². The van der Waals surface area contributed by atoms with Crippen molar-refractivity contribution < 1.29 is 4.79 Å². The van der Waals surface area contributed by atoms with Crippen LogP contribution in [0.4, 0.5) is 11.6 Å². The highest BCUT2D eigenvalue weighted by molar-refractivity contribution is 6.33. The number of para-hydroxylation sites is 1. The third-order valence-electron chi connectivity index (χ3n) is 8.77. The lowest BCUT2D eigenvalue weighted by Crippen LogP contribution is -2.54. The van der Waals surface area contributed by atoms with E-state index in [1.807, 2.05) is 19.1 Å². The first-order chi connectivity index (χ1) is 19.6. The largest absolute Gasteiger partial charge is 0.355 e. The van der Waals surface area contributed by atoms with Crippen molar-refractivity contribution in [2.24, 2.45) is 5.41 Å². The second-order valence-electron chi connectivity index (χ2n) is 12.0. The summed E-state index contributed by atoms with van der Waals surface area (Å²) in [5.74, 6) is 1.18. The van der Waals surface area contributed by atoms with Crippen LogP contribution in [0.1, 0.15) is 58.6 Å². The zero-order valence-electron chi connectivity index (χ0n) is 24.9. The predicted molar refractivity (Wildman–Crippen MR) is 168 cm³/mol. The molecule has 4 heterocycles. The summed E-state index contributed by atoms with van der Waals surface area (Å²) in [7, 11) is 0. The minimum Gasteiger partial charge on any atom is -0.355 e. The van der Waals surface area contributed by atoms with E-state index in [1.165, 1.54) is 6.08 Å². The molecule has 1 amide bonds. The van der Waals surface area contributed by atoms with Gasteiger partial charge in [0.2, 0.25) is 5.91 Å². The number of amides is 1. The number of hydrogen-bond donors (Lipinski definition) is 0. The van der Waals surface area contributed by atoms with Crippen LogP contribution in [0, 0.1) is 5.41 Å². The second kappa shape index (κ2) is 11.5. The van der Waals surface area contributed by atoms with Crippen molar-refractivity contribution in [3.63, 3.8) is 0 Å². The smallest absolute Gasteiger partial charge is 0.355 e. The average Bonchev–Trinajstić information content (AvgIpc) is 2.96. The monoisotopic (exact) mass is 576 g/mol. The van der Waals surface area contributed by atoms with Gasteiger partial charge in [-0.3, -0.25) is 4.79 Å². The average molecular weight is 577 g/mol. The Morgan fingerprint density at radius 2 is 1.73 bits per heavy atom. The summed E-state index contributed by atoms with van der Waals surface area (Å²) in [6.07, 6.45) is 4.98. The van der Waals surface area contributed by atoms with Crippen LogP contribution in [0.3, 0.4) is 0 Å². The number of carbonyl (C=O) groups excluding carboxylic acids is 1. The van der Waals surface area contributed by atoms with Crippen molar-refractivity contribution in [1.29, 1.82) is 0 Å². The number of carbonyl (C=O) groups is 1. The highest BCUT2D eigenvalue weighted by atomic mass is 35.5. The van der Waals surface area contributed by atoms with E-state index < -0.39 is 0 Å². The van der Waals surface area contributed by atoms with Gasteiger partial charge in [0, 0.05) is 38.8 Å². The molecule has 0 N–H and O–H groups in total. The van der Waals surface area contributed by atoms with Crippen molar-refractivity contribution in [3.8, 4) is 5.69 Å². The molecule has 0 aliphatic carbocycles. The van der Waals surface area contributed by atoms with Crippen molar-refractivity contribution >= 4 is 40.2 Å². The zero-order valence-corrected chi connectivity index (χ0v) is 25.7. The number of pyridine rings is 1. The Hall–Kier alpha value is -3.39. The topological polar surface area (TPSA) is 74.6 Å². The summed E-state index contributed by atoms with van der Waals surface area (Å²) in [4.78, 5) is 42.4. The number of hydrogen-bond acceptors (Lipinski definition) is 6. The van der Waals surface area contributed by atoms with E-state index in [9.17, 15) is 9.59 Å². The van der Waals surface area contributed by atoms with E-state index >= 15 is 0 Å². The highest BCUT2D eigenvalue weighted by Gasteiger charge is 2.32. The summed E-state index contributed by atoms with van der Waals surface area (Å²) in [6.45, 7) is 17.8. The van der Waals surface area contributed by atoms with E-state index in [-0.39, 0.29) is 23.1 Å². The Labute approximate surface area is 247 Å². The van der Waals surface area contributed by atoms with Gasteiger partial charge in [-0.1, -0.05) is 64.1 Å². The normalized spacial score (nSPS) is 19.1. The van der Waals surface area contributed by atoms with Gasteiger partial charge in [-0.25, -0.2) is 14.3 Å². The molecule has 8 nitrogen and oxygen atoms in total. The maximum Gasteiger partial charge on any atom is 0.355 e. The summed E-state index contributed by atoms with van der Waals surface area (Å²) in [6, 6.07) is 8.07. The number of fused-ring (bicyclic) bond motifs is 1. The number of rotatable bonds is 6. The van der Waals surface area contributed by atoms with Gasteiger partial charge in [0.25, 0.3) is 0 Å². The first-order valence-electron chi connectivity index (χ1n) is 14.8. The Balaban J connectivity index is 1.73. The number of aryl methyl sites for hydroxylation is 2. The van der Waals surface area contributed by atoms with Gasteiger partial charge in [0.1, 0.15) is 11.6 Å². The zero-order chi connectivity index (χ0) is 29.5. The summed E-state index contributed by atoms with van der Waals surface area (Å²) < 4.78 is 1.70. The van der Waals surface area contributed by atoms with E-state index in [0.717, 1.165) is 61.0 Å². The molecule has 0 radical (unpaired) electrons. The SMILES string of the molecule is C=CC(=O)N1CCN(c2nc(=O)n(-c3c(CC)cccc3CC)c3nc(N4CCC(C)(C)CC4)c(Cl)cc23)[C@@H](C)C1. The molecule has 5 rings (SSSR count). The molecule has 41 heavy (non-hydrogen) atoms. The molecular formula is C32H41ClN6O2. The number of nitrogens with zero attached hydrogens (tertiary/aromatic N) is 6. The third kappa shape index (κ3) is 5.46. The molecular weight excluding hydrogens is 536 g/mol. The van der Waals surface area contributed by atoms with E-state index in [2.05, 4.69) is 56.2 Å². The molecule has 2 aromatic heterocycles. The van der Waals surface area contributed by atoms with Gasteiger partial charge in [0.15, 0.2) is 5.65 Å². The van der Waals surface area contributed by atoms with Crippen LogP contribution in [0.5, 0.6) is 0 Å². The molecule has 1 atom stereocenters. The maximum atomic E-state index is 14.1. The lowest BCUT2D eigenvalue weighted by atomic mass is 9.83. The number of halogens is 1. The van der Waals surface area contributed by atoms with Crippen LogP contribution in [0.15, 0.2) is 41.7 Å². The van der Waals surface area contributed by atoms with Crippen LogP contribution in [-0.2, 0) is 17.6 Å². The Kier molecular flexibility index (Phi) is 8.15. The van der Waals surface area contributed by atoms with Crippen LogP contribution in [0.2, 0.25) is 5.02 Å². The lowest BCUT2D eigenvalue weighted by Gasteiger charge is -2.40. The standard InChI is InChI=1S/C32H41ClN6O2/c1-7-22-11-10-12-23(8-2)27(22)39-29-24(19-25(33)30(34-29)36-15-13-32(5,6)14-16-36)28(35-31(39)41)38-18-17-37(20-21(38)4)26(40)9-3/h9-12,19,21H,3,7-8,13-18,20H2,1-2,4-6H3/t21-/m0/s1. The maximum absolute atomic E-state index is 14.1. The van der Waals surface area contributed by atoms with Crippen LogP contribution >= 0.6 is 11.6 Å². The molecule has 2 saturated heterocycles. The fourth-order valence-electron chi connectivity index (χ4n) is 6.17. The van der Waals surface area contributed by atoms with E-state index in [0.29, 0.717) is 41.9 Å². The van der Waals surface area contributed by atoms with Gasteiger partial charge in [-0.15, -0.1) is 0 Å². The van der Waals surface area contributed by atoms with Gasteiger partial charge in [-0.05, 0) is 61.3 Å². The minimum absolute atomic E-state index is 0.0597. The van der Waals surface area contributed by atoms with Crippen molar-refractivity contribution in [2.75, 3.05) is 42.5 Å². The quantitative estimate of drug-likeness (QED) is 0.365. The highest BCUT2D eigenvalue weighted by Crippen LogP contribution is 2.38. The van der Waals surface area contributed by atoms with Crippen LogP contribution < -0.4 is 15.5 Å². The Morgan fingerprint density at radius 1 is 1.07 bits per heavy atom. The molecule has 2 fully saturated rings. The Bertz CT molecular complexity index is 1520. The second-order valence-corrected chi connectivity index (χ2v) is 12.4. The minimum atomic E-state index is -0.361. The first-order valence-corrected chi connectivity index (χ1v) is 15.1. The fourth-order valence-corrected chi connectivity index (χ4v) is 6.44. The fraction of sp³-hybridized carbons (Fsp3) is 0.500. The molecule has 0 saturated carbocycles. The van der Waals surface area contributed by atoms with Crippen LogP contribution in [-0.4, -0.2) is 64.1 Å². The molecule has 9 heteroatoms. The van der Waals surface area contributed by atoms with Crippen molar-refractivity contribution in [3.05, 3.63) is 63.6 Å². The number of benzene rings is 1. The van der Waals surface area contributed by atoms with Crippen LogP contribution in [0.25, 0.3) is 16.7 Å². The van der Waals surface area contributed by atoms with Crippen molar-refractivity contribution in [2.45, 2.75) is 66.3 Å². The molecule has 2 aliphatic rings.